The van der Waals surface area contributed by atoms with Crippen molar-refractivity contribution in [1.82, 2.24) is 4.98 Å². The summed E-state index contributed by atoms with van der Waals surface area (Å²) >= 11 is 0. The summed E-state index contributed by atoms with van der Waals surface area (Å²) in [5.41, 5.74) is 14.9. The molecule has 0 bridgehead atoms. The molecule has 2 heterocycles. The summed E-state index contributed by atoms with van der Waals surface area (Å²) in [4.78, 5) is 19.9. The van der Waals surface area contributed by atoms with E-state index in [4.69, 9.17) is 20.0 Å². The predicted octanol–water partition coefficient (Wildman–Crippen LogP) is 15.1. The van der Waals surface area contributed by atoms with Gasteiger partial charge >= 0.3 is 0 Å². The number of pyridine rings is 1. The molecule has 8 rings (SSSR count). The molecule has 0 aliphatic carbocycles. The molecule has 4 nitrogen and oxygen atoms in total. The van der Waals surface area contributed by atoms with Gasteiger partial charge in [-0.3, -0.25) is 4.99 Å². The van der Waals surface area contributed by atoms with Crippen LogP contribution < -0.4 is 0 Å². The molecule has 290 valence electrons. The third-order valence-electron chi connectivity index (χ3n) is 10.6. The highest BCUT2D eigenvalue weighted by Crippen LogP contribution is 2.32. The first-order valence-electron chi connectivity index (χ1n) is 20.4. The molecule has 0 N–H and O–H groups in total. The van der Waals surface area contributed by atoms with Crippen molar-refractivity contribution in [3.05, 3.63) is 205 Å². The average Bonchev–Trinajstić information content (AvgIpc) is 3.28. The van der Waals surface area contributed by atoms with Crippen LogP contribution in [0, 0.1) is 6.92 Å². The van der Waals surface area contributed by atoms with E-state index in [1.165, 1.54) is 10.8 Å². The van der Waals surface area contributed by atoms with Crippen LogP contribution in [0.25, 0.3) is 54.8 Å². The maximum absolute atomic E-state index is 5.09. The molecular weight excluding hydrogens is 717 g/mol. The van der Waals surface area contributed by atoms with Gasteiger partial charge in [0.05, 0.1) is 39.7 Å². The smallest absolute Gasteiger partial charge is 0.0913 e. The molecule has 0 spiro atoms. The Morgan fingerprint density at radius 3 is 1.93 bits per heavy atom. The van der Waals surface area contributed by atoms with Crippen molar-refractivity contribution < 1.29 is 0 Å². The lowest BCUT2D eigenvalue weighted by Gasteiger charge is -2.15. The molecule has 0 atom stereocenters. The number of aliphatic imine (C=N–C) groups is 3. The van der Waals surface area contributed by atoms with Crippen LogP contribution in [-0.4, -0.2) is 22.6 Å². The van der Waals surface area contributed by atoms with E-state index in [-0.39, 0.29) is 0 Å². The number of benzene rings is 6. The van der Waals surface area contributed by atoms with Crippen molar-refractivity contribution in [2.45, 2.75) is 47.5 Å². The monoisotopic (exact) mass is 766 g/mol. The second kappa shape index (κ2) is 18.0. The molecule has 6 aromatic carbocycles. The normalized spacial score (nSPS) is 13.0. The van der Waals surface area contributed by atoms with Gasteiger partial charge in [-0.05, 0) is 144 Å². The standard InChI is InChI=1S/C53H44N4.C2H6/c1-7-36-15-12-28-54-53(36)52(34(4)5)57-48(9-3)44-21-18-40-31-43(20-17-41(40)32-44)47(8-2)55-49-25-22-39(29-35(49)6)42-23-26-50-46(33-42)24-27-51(56-50)45-19-16-37-13-10-11-14-38(37)30-45;1-2/h7-11,13-14,16-33H,1-3,12,15H2,4-6H3;1-2H3. The Kier molecular flexibility index (Phi) is 12.3. The van der Waals surface area contributed by atoms with E-state index in [2.05, 4.69) is 168 Å². The molecule has 1 aromatic heterocycles. The fourth-order valence-corrected chi connectivity index (χ4v) is 7.44. The zero-order chi connectivity index (χ0) is 41.5. The van der Waals surface area contributed by atoms with E-state index in [0.717, 1.165) is 113 Å². The van der Waals surface area contributed by atoms with Gasteiger partial charge < -0.3 is 0 Å². The molecule has 0 unspecified atom stereocenters. The number of aryl methyl sites for hydroxylation is 1. The number of rotatable bonds is 10. The van der Waals surface area contributed by atoms with Gasteiger partial charge in [0.25, 0.3) is 0 Å². The quantitative estimate of drug-likeness (QED) is 0.128. The van der Waals surface area contributed by atoms with Crippen LogP contribution in [0.2, 0.25) is 0 Å². The van der Waals surface area contributed by atoms with Crippen molar-refractivity contribution in [3.8, 4) is 22.4 Å². The van der Waals surface area contributed by atoms with Gasteiger partial charge in [0.1, 0.15) is 0 Å². The topological polar surface area (TPSA) is 50.0 Å². The van der Waals surface area contributed by atoms with Crippen LogP contribution in [0.3, 0.4) is 0 Å². The van der Waals surface area contributed by atoms with Crippen molar-refractivity contribution in [2.75, 3.05) is 0 Å². The summed E-state index contributed by atoms with van der Waals surface area (Å²) < 4.78 is 0. The lowest BCUT2D eigenvalue weighted by atomic mass is 9.99. The highest BCUT2D eigenvalue weighted by Gasteiger charge is 2.15. The van der Waals surface area contributed by atoms with Gasteiger partial charge in [-0.25, -0.2) is 15.0 Å². The van der Waals surface area contributed by atoms with E-state index >= 15 is 0 Å². The van der Waals surface area contributed by atoms with Gasteiger partial charge in [-0.2, -0.15) is 0 Å². The Morgan fingerprint density at radius 2 is 1.24 bits per heavy atom. The Balaban J connectivity index is 0.00000260. The fraction of sp³-hybridized carbons (Fsp3) is 0.127. The predicted molar refractivity (Wildman–Crippen MR) is 257 cm³/mol. The minimum Gasteiger partial charge on any atom is -0.259 e. The maximum Gasteiger partial charge on any atom is 0.0913 e. The third kappa shape index (κ3) is 8.63. The highest BCUT2D eigenvalue weighted by atomic mass is 14.9. The number of nitrogens with zero attached hydrogens (tertiary/aromatic N) is 4. The first kappa shape index (κ1) is 40.2. The van der Waals surface area contributed by atoms with Gasteiger partial charge in [0.15, 0.2) is 0 Å². The Hall–Kier alpha value is -7.04. The Bertz CT molecular complexity index is 2930. The number of fused-ring (bicyclic) bond motifs is 3. The van der Waals surface area contributed by atoms with Crippen LogP contribution in [0.4, 0.5) is 5.69 Å². The van der Waals surface area contributed by atoms with E-state index in [0.29, 0.717) is 0 Å². The number of allylic oxidation sites excluding steroid dienone is 5. The second-order valence-corrected chi connectivity index (χ2v) is 14.6. The largest absolute Gasteiger partial charge is 0.259 e. The molecule has 59 heavy (non-hydrogen) atoms. The van der Waals surface area contributed by atoms with Crippen molar-refractivity contribution in [3.63, 3.8) is 0 Å². The van der Waals surface area contributed by atoms with E-state index < -0.39 is 0 Å². The van der Waals surface area contributed by atoms with E-state index in [1.54, 1.807) is 0 Å². The summed E-state index contributed by atoms with van der Waals surface area (Å²) in [6, 6.07) is 44.9. The van der Waals surface area contributed by atoms with Gasteiger partial charge in [-0.1, -0.05) is 119 Å². The van der Waals surface area contributed by atoms with E-state index in [9.17, 15) is 0 Å². The Morgan fingerprint density at radius 1 is 0.627 bits per heavy atom. The van der Waals surface area contributed by atoms with Crippen LogP contribution in [0.5, 0.6) is 0 Å². The van der Waals surface area contributed by atoms with Crippen molar-refractivity contribution in [2.24, 2.45) is 15.0 Å². The lowest BCUT2D eigenvalue weighted by molar-refractivity contribution is 0.981. The second-order valence-electron chi connectivity index (χ2n) is 14.6. The molecule has 0 saturated carbocycles. The minimum absolute atomic E-state index is 0.799. The lowest BCUT2D eigenvalue weighted by Crippen LogP contribution is -2.03. The minimum atomic E-state index is 0.799. The number of hydrogen-bond acceptors (Lipinski definition) is 4. The average molecular weight is 767 g/mol. The molecule has 1 aliphatic rings. The van der Waals surface area contributed by atoms with Crippen LogP contribution in [0.1, 0.15) is 57.2 Å². The summed E-state index contributed by atoms with van der Waals surface area (Å²) in [6.45, 7) is 22.5. The summed E-state index contributed by atoms with van der Waals surface area (Å²) in [5.74, 6) is 0. The zero-order valence-corrected chi connectivity index (χ0v) is 34.8. The van der Waals surface area contributed by atoms with Crippen molar-refractivity contribution in [1.29, 1.82) is 0 Å². The van der Waals surface area contributed by atoms with Crippen LogP contribution in [-0.2, 0) is 0 Å². The van der Waals surface area contributed by atoms with Gasteiger partial charge in [0, 0.05) is 28.3 Å². The van der Waals surface area contributed by atoms with Gasteiger partial charge in [0.2, 0.25) is 0 Å². The molecule has 0 fully saturated rings. The van der Waals surface area contributed by atoms with Crippen LogP contribution in [0.15, 0.2) is 203 Å². The first-order valence-corrected chi connectivity index (χ1v) is 20.4. The molecule has 0 saturated heterocycles. The molecule has 0 amide bonds. The third-order valence-corrected chi connectivity index (χ3v) is 10.6. The Labute approximate surface area is 348 Å². The van der Waals surface area contributed by atoms with Gasteiger partial charge in [-0.15, -0.1) is 0 Å². The molecule has 4 heteroatoms. The molecule has 7 aromatic rings. The summed E-state index contributed by atoms with van der Waals surface area (Å²) in [6.07, 6.45) is 9.33. The maximum atomic E-state index is 5.09. The molecular formula is C55H50N4. The first-order chi connectivity index (χ1) is 28.8. The highest BCUT2D eigenvalue weighted by molar-refractivity contribution is 6.13. The molecule has 1 aliphatic heterocycles. The van der Waals surface area contributed by atoms with Crippen LogP contribution >= 0.6 is 0 Å². The summed E-state index contributed by atoms with van der Waals surface area (Å²) in [5, 5.41) is 5.76. The van der Waals surface area contributed by atoms with Crippen molar-refractivity contribution >= 4 is 55.8 Å². The van der Waals surface area contributed by atoms with E-state index in [1.807, 2.05) is 38.3 Å². The fourth-order valence-electron chi connectivity index (χ4n) is 7.44. The zero-order valence-electron chi connectivity index (χ0n) is 34.8. The SMILES string of the molecule is C=CC(=NC(=C(C)C)C1=C(C=C)CCC=N1)c1ccc2cc(C(C=C)=Nc3ccc(-c4ccc5nc(-c6ccc7ccccc7c6)ccc5c4)cc3C)ccc2c1.CC. The summed E-state index contributed by atoms with van der Waals surface area (Å²) in [7, 11) is 0. The number of aromatic nitrogens is 1. The molecule has 0 radical (unpaired) electrons. The number of hydrogen-bond donors (Lipinski definition) is 0.